The van der Waals surface area contributed by atoms with Crippen LogP contribution in [0.3, 0.4) is 0 Å². The predicted molar refractivity (Wildman–Crippen MR) is 270 cm³/mol. The molecule has 11 aromatic rings. The number of furan rings is 1. The molecule has 0 aliphatic heterocycles. The molecule has 0 unspecified atom stereocenters. The van der Waals surface area contributed by atoms with E-state index in [0.29, 0.717) is 0 Å². The first-order valence-electron chi connectivity index (χ1n) is 22.1. The molecule has 0 atom stereocenters. The van der Waals surface area contributed by atoms with Crippen LogP contribution in [0.5, 0.6) is 0 Å². The van der Waals surface area contributed by atoms with Crippen LogP contribution in [0, 0.1) is 0 Å². The first-order valence-corrected chi connectivity index (χ1v) is 22.1. The van der Waals surface area contributed by atoms with Gasteiger partial charge in [-0.1, -0.05) is 159 Å². The van der Waals surface area contributed by atoms with Crippen LogP contribution in [0.1, 0.15) is 25.0 Å². The van der Waals surface area contributed by atoms with E-state index in [1.54, 1.807) is 0 Å². The van der Waals surface area contributed by atoms with E-state index in [-0.39, 0.29) is 5.41 Å². The van der Waals surface area contributed by atoms with Crippen molar-refractivity contribution < 1.29 is 4.42 Å². The minimum atomic E-state index is -0.107. The molecule has 1 aliphatic rings. The summed E-state index contributed by atoms with van der Waals surface area (Å²) in [7, 11) is 0. The minimum Gasteiger partial charge on any atom is -0.456 e. The van der Waals surface area contributed by atoms with Gasteiger partial charge in [0.05, 0.1) is 0 Å². The van der Waals surface area contributed by atoms with Gasteiger partial charge in [0.25, 0.3) is 0 Å². The molecule has 64 heavy (non-hydrogen) atoms. The standard InChI is InChI=1S/C61H44N2O/c1-61(2)56-16-8-5-14-52(56)53-36-34-50(39-57(53)61)63(49-32-25-43(26-33-49)45-20-19-40-11-3-4-12-44(40)37-45)48-30-23-42(24-31-48)41-21-28-47(29-22-41)62-58-17-9-6-13-51(58)46-27-35-55-54-15-7-10-18-59(54)64-60(55)38-46/h3-39,62H,1-2H3. The van der Waals surface area contributed by atoms with Crippen molar-refractivity contribution in [2.75, 3.05) is 10.2 Å². The molecule has 3 nitrogen and oxygen atoms in total. The van der Waals surface area contributed by atoms with Crippen molar-refractivity contribution in [3.63, 3.8) is 0 Å². The summed E-state index contributed by atoms with van der Waals surface area (Å²) in [4.78, 5) is 2.39. The first kappa shape index (κ1) is 37.6. The number of fused-ring (bicyclic) bond motifs is 7. The van der Waals surface area contributed by atoms with E-state index in [9.17, 15) is 0 Å². The second-order valence-electron chi connectivity index (χ2n) is 17.4. The average Bonchev–Trinajstić information content (AvgIpc) is 3.83. The van der Waals surface area contributed by atoms with Gasteiger partial charge in [-0.3, -0.25) is 0 Å². The fourth-order valence-corrected chi connectivity index (χ4v) is 9.89. The second-order valence-corrected chi connectivity index (χ2v) is 17.4. The number of nitrogens with one attached hydrogen (secondary N) is 1. The van der Waals surface area contributed by atoms with Crippen LogP contribution in [0.4, 0.5) is 28.4 Å². The van der Waals surface area contributed by atoms with E-state index in [1.165, 1.54) is 44.2 Å². The van der Waals surface area contributed by atoms with E-state index in [0.717, 1.165) is 72.6 Å². The van der Waals surface area contributed by atoms with Crippen LogP contribution < -0.4 is 10.2 Å². The van der Waals surface area contributed by atoms with Crippen molar-refractivity contribution in [1.82, 2.24) is 0 Å². The van der Waals surface area contributed by atoms with Crippen molar-refractivity contribution >= 4 is 61.1 Å². The lowest BCUT2D eigenvalue weighted by atomic mass is 9.82. The summed E-state index contributed by atoms with van der Waals surface area (Å²) >= 11 is 0. The van der Waals surface area contributed by atoms with E-state index in [1.807, 2.05) is 12.1 Å². The lowest BCUT2D eigenvalue weighted by Gasteiger charge is -2.28. The predicted octanol–water partition coefficient (Wildman–Crippen LogP) is 17.3. The largest absolute Gasteiger partial charge is 0.456 e. The summed E-state index contributed by atoms with van der Waals surface area (Å²) in [5.74, 6) is 0. The van der Waals surface area contributed by atoms with Gasteiger partial charge in [0.15, 0.2) is 0 Å². The molecule has 3 heteroatoms. The van der Waals surface area contributed by atoms with Crippen LogP contribution in [0.25, 0.3) is 77.2 Å². The molecular weight excluding hydrogens is 777 g/mol. The highest BCUT2D eigenvalue weighted by Gasteiger charge is 2.35. The van der Waals surface area contributed by atoms with Crippen molar-refractivity contribution in [2.45, 2.75) is 19.3 Å². The number of hydrogen-bond acceptors (Lipinski definition) is 3. The fourth-order valence-electron chi connectivity index (χ4n) is 9.89. The van der Waals surface area contributed by atoms with Gasteiger partial charge in [0.2, 0.25) is 0 Å². The van der Waals surface area contributed by atoms with Gasteiger partial charge in [-0.15, -0.1) is 0 Å². The van der Waals surface area contributed by atoms with Gasteiger partial charge in [-0.05, 0) is 140 Å². The Hall–Kier alpha value is -8.14. The zero-order valence-corrected chi connectivity index (χ0v) is 35.7. The Morgan fingerprint density at radius 3 is 1.72 bits per heavy atom. The summed E-state index contributed by atoms with van der Waals surface area (Å²) in [6.07, 6.45) is 0. The zero-order valence-electron chi connectivity index (χ0n) is 35.7. The number of para-hydroxylation sites is 2. The van der Waals surface area contributed by atoms with E-state index in [2.05, 4.69) is 236 Å². The Morgan fingerprint density at radius 1 is 0.375 bits per heavy atom. The van der Waals surface area contributed by atoms with Gasteiger partial charge in [-0.2, -0.15) is 0 Å². The minimum absolute atomic E-state index is 0.107. The molecule has 0 spiro atoms. The summed E-state index contributed by atoms with van der Waals surface area (Å²) in [5.41, 5.74) is 19.4. The molecular formula is C61H44N2O. The van der Waals surface area contributed by atoms with Crippen LogP contribution >= 0.6 is 0 Å². The molecule has 0 fully saturated rings. The normalized spacial score (nSPS) is 12.7. The number of hydrogen-bond donors (Lipinski definition) is 1. The molecule has 304 valence electrons. The molecule has 1 aromatic heterocycles. The highest BCUT2D eigenvalue weighted by atomic mass is 16.3. The summed E-state index contributed by atoms with van der Waals surface area (Å²) in [6.45, 7) is 4.70. The van der Waals surface area contributed by atoms with Crippen molar-refractivity contribution in [1.29, 1.82) is 0 Å². The fraction of sp³-hybridized carbons (Fsp3) is 0.0492. The highest BCUT2D eigenvalue weighted by molar-refractivity contribution is 6.06. The summed E-state index contributed by atoms with van der Waals surface area (Å²) < 4.78 is 6.23. The third kappa shape index (κ3) is 6.44. The smallest absolute Gasteiger partial charge is 0.136 e. The van der Waals surface area contributed by atoms with Crippen molar-refractivity contribution in [3.8, 4) is 44.5 Å². The SMILES string of the molecule is CC1(C)c2ccccc2-c2ccc(N(c3ccc(-c4ccc(Nc5ccccc5-c5ccc6c(c5)oc5ccccc56)cc4)cc3)c3ccc(-c4ccc5ccccc5c4)cc3)cc21. The average molecular weight is 821 g/mol. The van der Waals surface area contributed by atoms with Gasteiger partial charge in [0, 0.05) is 50.2 Å². The van der Waals surface area contributed by atoms with Crippen LogP contribution in [-0.4, -0.2) is 0 Å². The quantitative estimate of drug-likeness (QED) is 0.166. The lowest BCUT2D eigenvalue weighted by molar-refractivity contribution is 0.660. The second kappa shape index (κ2) is 15.0. The van der Waals surface area contributed by atoms with Crippen molar-refractivity contribution in [3.05, 3.63) is 236 Å². The number of rotatable bonds is 8. The Kier molecular flexibility index (Phi) is 8.84. The molecule has 0 saturated carbocycles. The van der Waals surface area contributed by atoms with Crippen LogP contribution in [0.15, 0.2) is 229 Å². The van der Waals surface area contributed by atoms with Gasteiger partial charge in [-0.25, -0.2) is 0 Å². The molecule has 0 radical (unpaired) electrons. The molecule has 0 saturated heterocycles. The van der Waals surface area contributed by atoms with E-state index < -0.39 is 0 Å². The molecule has 10 aromatic carbocycles. The Bertz CT molecular complexity index is 3540. The van der Waals surface area contributed by atoms with Crippen LogP contribution in [0.2, 0.25) is 0 Å². The number of anilines is 5. The topological polar surface area (TPSA) is 28.4 Å². The molecule has 1 aliphatic carbocycles. The van der Waals surface area contributed by atoms with Gasteiger partial charge < -0.3 is 14.6 Å². The van der Waals surface area contributed by atoms with E-state index in [4.69, 9.17) is 4.42 Å². The first-order chi connectivity index (χ1) is 31.4. The molecule has 12 rings (SSSR count). The Morgan fingerprint density at radius 2 is 0.938 bits per heavy atom. The highest BCUT2D eigenvalue weighted by Crippen LogP contribution is 2.51. The van der Waals surface area contributed by atoms with Crippen LogP contribution in [-0.2, 0) is 5.41 Å². The van der Waals surface area contributed by atoms with E-state index >= 15 is 0 Å². The lowest BCUT2D eigenvalue weighted by Crippen LogP contribution is -2.16. The zero-order chi connectivity index (χ0) is 42.8. The number of nitrogens with zero attached hydrogens (tertiary/aromatic N) is 1. The summed E-state index contributed by atoms with van der Waals surface area (Å²) in [6, 6.07) is 81.0. The molecule has 0 amide bonds. The van der Waals surface area contributed by atoms with Gasteiger partial charge in [0.1, 0.15) is 11.2 Å². The third-order valence-electron chi connectivity index (χ3n) is 13.3. The van der Waals surface area contributed by atoms with Gasteiger partial charge >= 0.3 is 0 Å². The molecule has 0 bridgehead atoms. The maximum Gasteiger partial charge on any atom is 0.136 e. The maximum atomic E-state index is 6.23. The Labute approximate surface area is 373 Å². The molecule has 1 N–H and O–H groups in total. The monoisotopic (exact) mass is 820 g/mol. The van der Waals surface area contributed by atoms with Crippen molar-refractivity contribution in [2.24, 2.45) is 0 Å². The molecule has 1 heterocycles. The third-order valence-corrected chi connectivity index (χ3v) is 13.3. The maximum absolute atomic E-state index is 6.23. The number of benzene rings is 10. The summed E-state index contributed by atoms with van der Waals surface area (Å²) in [5, 5.41) is 8.47. The Balaban J connectivity index is 0.848.